The van der Waals surface area contributed by atoms with Gasteiger partial charge in [-0.2, -0.15) is 5.10 Å². The second kappa shape index (κ2) is 7.29. The van der Waals surface area contributed by atoms with E-state index in [0.717, 1.165) is 0 Å². The van der Waals surface area contributed by atoms with Crippen molar-refractivity contribution in [2.45, 2.75) is 59.2 Å². The van der Waals surface area contributed by atoms with Gasteiger partial charge in [-0.3, -0.25) is 9.58 Å². The van der Waals surface area contributed by atoms with Gasteiger partial charge >= 0.3 is 12.1 Å². The Morgan fingerprint density at radius 2 is 2.05 bits per heavy atom. The van der Waals surface area contributed by atoms with Gasteiger partial charge in [-0.15, -0.1) is 0 Å². The van der Waals surface area contributed by atoms with E-state index in [0.29, 0.717) is 25.1 Å². The van der Waals surface area contributed by atoms with Gasteiger partial charge in [0.2, 0.25) is 0 Å². The van der Waals surface area contributed by atoms with E-state index in [9.17, 15) is 14.7 Å². The molecule has 0 aliphatic rings. The van der Waals surface area contributed by atoms with E-state index in [1.807, 2.05) is 13.8 Å². The Balaban J connectivity index is 3.11. The minimum absolute atomic E-state index is 0.295. The molecule has 0 saturated heterocycles. The summed E-state index contributed by atoms with van der Waals surface area (Å²) in [5, 5.41) is 13.7. The van der Waals surface area contributed by atoms with Gasteiger partial charge in [0.15, 0.2) is 6.04 Å². The van der Waals surface area contributed by atoms with Crippen LogP contribution in [0.4, 0.5) is 4.79 Å². The van der Waals surface area contributed by atoms with Crippen LogP contribution in [-0.2, 0) is 16.1 Å². The van der Waals surface area contributed by atoms with Crippen LogP contribution >= 0.6 is 0 Å². The van der Waals surface area contributed by atoms with Crippen LogP contribution in [0.3, 0.4) is 0 Å². The number of carboxylic acids is 1. The number of hydrogen-bond donors (Lipinski definition) is 1. The Morgan fingerprint density at radius 3 is 2.45 bits per heavy atom. The molecule has 0 spiro atoms. The fraction of sp³-hybridized carbons (Fsp3) is 0.667. The standard InChI is InChI=1S/C15H25N3O4/c1-6-8-18(14(21)22-15(3,4)5)12(13(19)20)11-9-16-17(7-2)10-11/h9-10,12H,6-8H2,1-5H3,(H,19,20). The Morgan fingerprint density at radius 1 is 1.41 bits per heavy atom. The number of carbonyl (C=O) groups excluding carboxylic acids is 1. The van der Waals surface area contributed by atoms with Crippen molar-refractivity contribution in [1.82, 2.24) is 14.7 Å². The summed E-state index contributed by atoms with van der Waals surface area (Å²) in [6, 6.07) is -1.10. The lowest BCUT2D eigenvalue weighted by Crippen LogP contribution is -2.42. The van der Waals surface area contributed by atoms with Crippen molar-refractivity contribution in [1.29, 1.82) is 0 Å². The summed E-state index contributed by atoms with van der Waals surface area (Å²) in [4.78, 5) is 25.3. The molecule has 7 nitrogen and oxygen atoms in total. The Bertz CT molecular complexity index is 519. The SMILES string of the molecule is CCCN(C(=O)OC(C)(C)C)C(C(=O)O)c1cnn(CC)c1. The van der Waals surface area contributed by atoms with E-state index in [1.54, 1.807) is 31.6 Å². The third-order valence-corrected chi connectivity index (χ3v) is 2.93. The zero-order valence-corrected chi connectivity index (χ0v) is 13.9. The predicted molar refractivity (Wildman–Crippen MR) is 81.5 cm³/mol. The fourth-order valence-electron chi connectivity index (χ4n) is 2.04. The Hall–Kier alpha value is -2.05. The molecule has 0 radical (unpaired) electrons. The first-order valence-electron chi connectivity index (χ1n) is 7.44. The van der Waals surface area contributed by atoms with Gasteiger partial charge in [-0.1, -0.05) is 6.92 Å². The maximum Gasteiger partial charge on any atom is 0.411 e. The highest BCUT2D eigenvalue weighted by Crippen LogP contribution is 2.24. The van der Waals surface area contributed by atoms with Gasteiger partial charge in [0, 0.05) is 24.8 Å². The molecule has 1 atom stereocenters. The average Bonchev–Trinajstić information content (AvgIpc) is 2.84. The third-order valence-electron chi connectivity index (χ3n) is 2.93. The summed E-state index contributed by atoms with van der Waals surface area (Å²) in [6.45, 7) is 9.96. The normalized spacial score (nSPS) is 12.8. The summed E-state index contributed by atoms with van der Waals surface area (Å²) in [6.07, 6.45) is 3.12. The van der Waals surface area contributed by atoms with Crippen LogP contribution in [0.25, 0.3) is 0 Å². The topological polar surface area (TPSA) is 84.7 Å². The molecule has 1 aromatic rings. The van der Waals surface area contributed by atoms with Gasteiger partial charge < -0.3 is 9.84 Å². The van der Waals surface area contributed by atoms with Gasteiger partial charge in [0.25, 0.3) is 0 Å². The number of amides is 1. The van der Waals surface area contributed by atoms with Crippen LogP contribution in [0.5, 0.6) is 0 Å². The van der Waals surface area contributed by atoms with Crippen molar-refractivity contribution in [3.8, 4) is 0 Å². The third kappa shape index (κ3) is 4.75. The number of aliphatic carboxylic acids is 1. The molecule has 1 rings (SSSR count). The molecule has 22 heavy (non-hydrogen) atoms. The molecule has 1 N–H and O–H groups in total. The smallest absolute Gasteiger partial charge is 0.411 e. The number of ether oxygens (including phenoxy) is 1. The molecule has 0 aliphatic heterocycles. The fourth-order valence-corrected chi connectivity index (χ4v) is 2.04. The number of aryl methyl sites for hydroxylation is 1. The molecule has 1 unspecified atom stereocenters. The molecule has 124 valence electrons. The number of carbonyl (C=O) groups is 2. The van der Waals surface area contributed by atoms with Crippen molar-refractivity contribution in [2.75, 3.05) is 6.54 Å². The van der Waals surface area contributed by atoms with Crippen molar-refractivity contribution < 1.29 is 19.4 Å². The largest absolute Gasteiger partial charge is 0.479 e. The highest BCUT2D eigenvalue weighted by atomic mass is 16.6. The minimum Gasteiger partial charge on any atom is -0.479 e. The van der Waals surface area contributed by atoms with E-state index < -0.39 is 23.7 Å². The molecule has 0 saturated carbocycles. The maximum absolute atomic E-state index is 12.4. The molecule has 0 aromatic carbocycles. The molecule has 1 amide bonds. The quantitative estimate of drug-likeness (QED) is 0.873. The first kappa shape index (κ1) is 18.0. The second-order valence-corrected chi connectivity index (χ2v) is 6.04. The number of rotatable bonds is 6. The monoisotopic (exact) mass is 311 g/mol. The average molecular weight is 311 g/mol. The summed E-state index contributed by atoms with van der Waals surface area (Å²) >= 11 is 0. The number of nitrogens with zero attached hydrogens (tertiary/aromatic N) is 3. The Labute approximate surface area is 130 Å². The lowest BCUT2D eigenvalue weighted by atomic mass is 10.1. The number of carboxylic acid groups (broad SMARTS) is 1. The van der Waals surface area contributed by atoms with Crippen LogP contribution in [0, 0.1) is 0 Å². The molecule has 0 aliphatic carbocycles. The summed E-state index contributed by atoms with van der Waals surface area (Å²) < 4.78 is 6.96. The van der Waals surface area contributed by atoms with E-state index in [-0.39, 0.29) is 0 Å². The van der Waals surface area contributed by atoms with Crippen LogP contribution in [-0.4, -0.2) is 44.0 Å². The van der Waals surface area contributed by atoms with Crippen LogP contribution in [0.1, 0.15) is 52.6 Å². The highest BCUT2D eigenvalue weighted by Gasteiger charge is 2.34. The maximum atomic E-state index is 12.4. The Kier molecular flexibility index (Phi) is 5.96. The summed E-state index contributed by atoms with van der Waals surface area (Å²) in [7, 11) is 0. The molecule has 0 fully saturated rings. The zero-order chi connectivity index (χ0) is 16.9. The van der Waals surface area contributed by atoms with E-state index in [4.69, 9.17) is 4.74 Å². The minimum atomic E-state index is -1.10. The molecule has 1 heterocycles. The zero-order valence-electron chi connectivity index (χ0n) is 13.9. The lowest BCUT2D eigenvalue weighted by Gasteiger charge is -2.30. The second-order valence-electron chi connectivity index (χ2n) is 6.04. The van der Waals surface area contributed by atoms with Crippen molar-refractivity contribution >= 4 is 12.1 Å². The highest BCUT2D eigenvalue weighted by molar-refractivity contribution is 5.81. The van der Waals surface area contributed by atoms with E-state index in [2.05, 4.69) is 5.10 Å². The number of aromatic nitrogens is 2. The first-order valence-corrected chi connectivity index (χ1v) is 7.44. The molecule has 7 heteroatoms. The summed E-state index contributed by atoms with van der Waals surface area (Å²) in [5.41, 5.74) is -0.214. The van der Waals surface area contributed by atoms with Crippen LogP contribution in [0.15, 0.2) is 12.4 Å². The van der Waals surface area contributed by atoms with Gasteiger partial charge in [0.05, 0.1) is 6.20 Å². The summed E-state index contributed by atoms with van der Waals surface area (Å²) in [5.74, 6) is -1.10. The predicted octanol–water partition coefficient (Wildman–Crippen LogP) is 2.68. The van der Waals surface area contributed by atoms with Crippen molar-refractivity contribution in [3.05, 3.63) is 18.0 Å². The van der Waals surface area contributed by atoms with Gasteiger partial charge in [0.1, 0.15) is 5.60 Å². The lowest BCUT2D eigenvalue weighted by molar-refractivity contribution is -0.143. The number of hydrogen-bond acceptors (Lipinski definition) is 4. The molecule has 1 aromatic heterocycles. The van der Waals surface area contributed by atoms with Gasteiger partial charge in [-0.25, -0.2) is 9.59 Å². The van der Waals surface area contributed by atoms with Crippen LogP contribution < -0.4 is 0 Å². The van der Waals surface area contributed by atoms with Gasteiger partial charge in [-0.05, 0) is 34.1 Å². The molecular formula is C15H25N3O4. The van der Waals surface area contributed by atoms with Crippen molar-refractivity contribution in [3.63, 3.8) is 0 Å². The van der Waals surface area contributed by atoms with E-state index in [1.165, 1.54) is 11.1 Å². The van der Waals surface area contributed by atoms with Crippen molar-refractivity contribution in [2.24, 2.45) is 0 Å². The molecule has 0 bridgehead atoms. The first-order chi connectivity index (χ1) is 10.2. The van der Waals surface area contributed by atoms with Crippen LogP contribution in [0.2, 0.25) is 0 Å². The van der Waals surface area contributed by atoms with E-state index >= 15 is 0 Å². The molecular weight excluding hydrogens is 286 g/mol.